The van der Waals surface area contributed by atoms with E-state index in [1.54, 1.807) is 0 Å². The van der Waals surface area contributed by atoms with E-state index in [-0.39, 0.29) is 0 Å². The monoisotopic (exact) mass is 166 g/mol. The van der Waals surface area contributed by atoms with E-state index in [2.05, 4.69) is 16.9 Å². The second-order valence-electron chi connectivity index (χ2n) is 4.13. The zero-order valence-corrected chi connectivity index (χ0v) is 8.08. The van der Waals surface area contributed by atoms with Crippen LogP contribution in [0, 0.1) is 5.92 Å². The van der Waals surface area contributed by atoms with Gasteiger partial charge in [-0.25, -0.2) is 0 Å². The molecule has 0 radical (unpaired) electrons. The smallest absolute Gasteiger partial charge is 0.0276 e. The molecule has 0 aromatic rings. The third kappa shape index (κ3) is 1.28. The van der Waals surface area contributed by atoms with Crippen molar-refractivity contribution in [1.29, 1.82) is 0 Å². The van der Waals surface area contributed by atoms with Gasteiger partial charge in [0.05, 0.1) is 0 Å². The minimum atomic E-state index is 0.817. The Bertz CT molecular complexity index is 198. The van der Waals surface area contributed by atoms with Crippen molar-refractivity contribution in [3.05, 3.63) is 0 Å². The van der Waals surface area contributed by atoms with Crippen molar-refractivity contribution >= 4 is 5.71 Å². The fourth-order valence-electron chi connectivity index (χ4n) is 2.65. The molecule has 0 amide bonds. The van der Waals surface area contributed by atoms with E-state index in [1.807, 2.05) is 7.05 Å². The van der Waals surface area contributed by atoms with Crippen molar-refractivity contribution in [2.75, 3.05) is 20.6 Å². The van der Waals surface area contributed by atoms with Crippen LogP contribution >= 0.6 is 0 Å². The van der Waals surface area contributed by atoms with E-state index in [4.69, 9.17) is 0 Å². The zero-order chi connectivity index (χ0) is 8.55. The van der Waals surface area contributed by atoms with Gasteiger partial charge in [-0.3, -0.25) is 4.99 Å². The molecule has 2 nitrogen and oxygen atoms in total. The SMILES string of the molecule is CN=C1CCC2CCN(C)[C@H]2C1. The molecule has 1 aliphatic carbocycles. The van der Waals surface area contributed by atoms with Gasteiger partial charge in [-0.05, 0) is 38.8 Å². The average molecular weight is 166 g/mol. The number of hydrogen-bond acceptors (Lipinski definition) is 2. The van der Waals surface area contributed by atoms with E-state index in [9.17, 15) is 0 Å². The third-order valence-electron chi connectivity index (χ3n) is 3.53. The van der Waals surface area contributed by atoms with Gasteiger partial charge in [-0.1, -0.05) is 0 Å². The Kier molecular flexibility index (Phi) is 2.18. The first-order chi connectivity index (χ1) is 5.81. The van der Waals surface area contributed by atoms with Crippen LogP contribution in [-0.4, -0.2) is 37.3 Å². The lowest BCUT2D eigenvalue weighted by Crippen LogP contribution is -2.35. The van der Waals surface area contributed by atoms with Gasteiger partial charge in [-0.2, -0.15) is 0 Å². The number of nitrogens with zero attached hydrogens (tertiary/aromatic N) is 2. The Hall–Kier alpha value is -0.370. The molecule has 2 atom stereocenters. The number of fused-ring (bicyclic) bond motifs is 1. The lowest BCUT2D eigenvalue weighted by molar-refractivity contribution is 0.261. The van der Waals surface area contributed by atoms with Crippen molar-refractivity contribution in [3.63, 3.8) is 0 Å². The number of rotatable bonds is 0. The summed E-state index contributed by atoms with van der Waals surface area (Å²) in [5.41, 5.74) is 1.44. The van der Waals surface area contributed by atoms with Crippen molar-refractivity contribution in [2.24, 2.45) is 10.9 Å². The number of aliphatic imine (C=N–C) groups is 1. The topological polar surface area (TPSA) is 15.6 Å². The molecule has 2 fully saturated rings. The Morgan fingerprint density at radius 2 is 2.25 bits per heavy atom. The average Bonchev–Trinajstić information content (AvgIpc) is 2.47. The summed E-state index contributed by atoms with van der Waals surface area (Å²) in [6, 6.07) is 0.817. The molecule has 0 aromatic heterocycles. The Balaban J connectivity index is 2.06. The van der Waals surface area contributed by atoms with Crippen LogP contribution in [0.3, 0.4) is 0 Å². The molecule has 1 saturated heterocycles. The lowest BCUT2D eigenvalue weighted by atomic mass is 9.84. The van der Waals surface area contributed by atoms with Crippen LogP contribution in [-0.2, 0) is 0 Å². The third-order valence-corrected chi connectivity index (χ3v) is 3.53. The van der Waals surface area contributed by atoms with Gasteiger partial charge < -0.3 is 4.90 Å². The van der Waals surface area contributed by atoms with Crippen LogP contribution in [0.5, 0.6) is 0 Å². The standard InChI is InChI=1S/C10H18N2/c1-11-9-4-3-8-5-6-12(2)10(8)7-9/h8,10H,3-7H2,1-2H3/t8?,10-/m0/s1. The van der Waals surface area contributed by atoms with Gasteiger partial charge in [0.1, 0.15) is 0 Å². The van der Waals surface area contributed by atoms with Gasteiger partial charge in [0, 0.05) is 25.2 Å². The second kappa shape index (κ2) is 3.17. The molecule has 1 saturated carbocycles. The van der Waals surface area contributed by atoms with Crippen LogP contribution in [0.15, 0.2) is 4.99 Å². The molecule has 1 heterocycles. The molecule has 0 aromatic carbocycles. The minimum Gasteiger partial charge on any atom is -0.303 e. The maximum absolute atomic E-state index is 4.33. The van der Waals surface area contributed by atoms with E-state index in [0.717, 1.165) is 12.0 Å². The quantitative estimate of drug-likeness (QED) is 0.533. The summed E-state index contributed by atoms with van der Waals surface area (Å²) >= 11 is 0. The Morgan fingerprint density at radius 1 is 1.42 bits per heavy atom. The van der Waals surface area contributed by atoms with Crippen LogP contribution in [0.1, 0.15) is 25.7 Å². The van der Waals surface area contributed by atoms with Crippen molar-refractivity contribution in [1.82, 2.24) is 4.90 Å². The van der Waals surface area contributed by atoms with Crippen LogP contribution < -0.4 is 0 Å². The van der Waals surface area contributed by atoms with Crippen LogP contribution in [0.2, 0.25) is 0 Å². The molecule has 0 spiro atoms. The molecular formula is C10H18N2. The largest absolute Gasteiger partial charge is 0.303 e. The van der Waals surface area contributed by atoms with E-state index >= 15 is 0 Å². The molecule has 68 valence electrons. The van der Waals surface area contributed by atoms with Gasteiger partial charge in [0.2, 0.25) is 0 Å². The maximum atomic E-state index is 4.33. The normalized spacial score (nSPS) is 40.3. The van der Waals surface area contributed by atoms with Crippen LogP contribution in [0.25, 0.3) is 0 Å². The van der Waals surface area contributed by atoms with E-state index in [1.165, 1.54) is 37.9 Å². The minimum absolute atomic E-state index is 0.817. The Morgan fingerprint density at radius 3 is 3.00 bits per heavy atom. The highest BCUT2D eigenvalue weighted by Crippen LogP contribution is 2.33. The molecule has 2 rings (SSSR count). The number of likely N-dealkylation sites (tertiary alicyclic amines) is 1. The van der Waals surface area contributed by atoms with E-state index in [0.29, 0.717) is 0 Å². The summed E-state index contributed by atoms with van der Waals surface area (Å²) < 4.78 is 0. The molecule has 2 heteroatoms. The summed E-state index contributed by atoms with van der Waals surface area (Å²) in [6.07, 6.45) is 5.28. The molecule has 12 heavy (non-hydrogen) atoms. The molecule has 0 N–H and O–H groups in total. The lowest BCUT2D eigenvalue weighted by Gasteiger charge is -2.30. The summed E-state index contributed by atoms with van der Waals surface area (Å²) in [7, 11) is 4.19. The summed E-state index contributed by atoms with van der Waals surface area (Å²) in [5, 5.41) is 0. The van der Waals surface area contributed by atoms with Crippen molar-refractivity contribution in [3.8, 4) is 0 Å². The second-order valence-corrected chi connectivity index (χ2v) is 4.13. The van der Waals surface area contributed by atoms with Gasteiger partial charge >= 0.3 is 0 Å². The maximum Gasteiger partial charge on any atom is 0.0276 e. The van der Waals surface area contributed by atoms with Crippen LogP contribution in [0.4, 0.5) is 0 Å². The molecule has 0 bridgehead atoms. The molecule has 2 aliphatic rings. The molecule has 1 aliphatic heterocycles. The Labute approximate surface area is 74.7 Å². The number of hydrogen-bond donors (Lipinski definition) is 0. The first-order valence-electron chi connectivity index (χ1n) is 4.96. The van der Waals surface area contributed by atoms with Gasteiger partial charge in [-0.15, -0.1) is 0 Å². The highest BCUT2D eigenvalue weighted by atomic mass is 15.2. The van der Waals surface area contributed by atoms with Crippen molar-refractivity contribution < 1.29 is 0 Å². The predicted molar refractivity (Wildman–Crippen MR) is 51.7 cm³/mol. The first-order valence-corrected chi connectivity index (χ1v) is 4.96. The summed E-state index contributed by atoms with van der Waals surface area (Å²) in [6.45, 7) is 1.30. The van der Waals surface area contributed by atoms with Crippen molar-refractivity contribution in [2.45, 2.75) is 31.7 Å². The summed E-state index contributed by atoms with van der Waals surface area (Å²) in [4.78, 5) is 6.84. The predicted octanol–water partition coefficient (Wildman–Crippen LogP) is 1.56. The highest BCUT2D eigenvalue weighted by molar-refractivity contribution is 5.85. The summed E-state index contributed by atoms with van der Waals surface area (Å²) in [5.74, 6) is 0.973. The fourth-order valence-corrected chi connectivity index (χ4v) is 2.65. The fraction of sp³-hybridized carbons (Fsp3) is 0.900. The molecular weight excluding hydrogens is 148 g/mol. The zero-order valence-electron chi connectivity index (χ0n) is 8.08. The van der Waals surface area contributed by atoms with Gasteiger partial charge in [0.15, 0.2) is 0 Å². The molecule has 1 unspecified atom stereocenters. The van der Waals surface area contributed by atoms with Gasteiger partial charge in [0.25, 0.3) is 0 Å². The first kappa shape index (κ1) is 8.24. The van der Waals surface area contributed by atoms with E-state index < -0.39 is 0 Å². The highest BCUT2D eigenvalue weighted by Gasteiger charge is 2.35.